The van der Waals surface area contributed by atoms with Crippen LogP contribution in [-0.2, 0) is 0 Å². The lowest BCUT2D eigenvalue weighted by molar-refractivity contribution is 0.179. The van der Waals surface area contributed by atoms with Crippen LogP contribution in [0.3, 0.4) is 0 Å². The lowest BCUT2D eigenvalue weighted by Crippen LogP contribution is -2.20. The molecule has 0 spiro atoms. The van der Waals surface area contributed by atoms with Crippen LogP contribution in [0.4, 0.5) is 5.69 Å². The van der Waals surface area contributed by atoms with E-state index in [1.807, 2.05) is 19.1 Å². The van der Waals surface area contributed by atoms with E-state index in [1.165, 1.54) is 0 Å². The molecule has 0 fully saturated rings. The van der Waals surface area contributed by atoms with Crippen LogP contribution in [0.15, 0.2) is 24.3 Å². The molecule has 0 heterocycles. The highest BCUT2D eigenvalue weighted by molar-refractivity contribution is 5.49. The number of anilines is 1. The van der Waals surface area contributed by atoms with E-state index in [-0.39, 0.29) is 12.1 Å². The fourth-order valence-corrected chi connectivity index (χ4v) is 1.53. The first-order valence-electron chi connectivity index (χ1n) is 5.06. The Morgan fingerprint density at radius 2 is 2.20 bits per heavy atom. The van der Waals surface area contributed by atoms with Gasteiger partial charge >= 0.3 is 0 Å². The average Bonchev–Trinajstić information content (AvgIpc) is 2.16. The molecule has 3 nitrogen and oxygen atoms in total. The van der Waals surface area contributed by atoms with Gasteiger partial charge in [-0.2, -0.15) is 5.26 Å². The Bertz CT molecular complexity index is 355. The van der Waals surface area contributed by atoms with Crippen molar-refractivity contribution in [2.45, 2.75) is 32.4 Å². The van der Waals surface area contributed by atoms with E-state index in [9.17, 15) is 5.11 Å². The van der Waals surface area contributed by atoms with Gasteiger partial charge in [0, 0.05) is 11.7 Å². The minimum atomic E-state index is -0.313. The van der Waals surface area contributed by atoms with E-state index in [4.69, 9.17) is 5.26 Å². The number of nitrogens with one attached hydrogen (secondary N) is 1. The second-order valence-corrected chi connectivity index (χ2v) is 3.82. The first-order valence-corrected chi connectivity index (χ1v) is 5.06. The third kappa shape index (κ3) is 4.01. The predicted molar refractivity (Wildman–Crippen MR) is 60.5 cm³/mol. The van der Waals surface area contributed by atoms with Crippen molar-refractivity contribution in [3.63, 3.8) is 0 Å². The Hall–Kier alpha value is -1.53. The molecule has 0 aliphatic rings. The van der Waals surface area contributed by atoms with E-state index in [2.05, 4.69) is 11.4 Å². The largest absolute Gasteiger partial charge is 0.393 e. The third-order valence-electron chi connectivity index (χ3n) is 2.10. The molecule has 0 bridgehead atoms. The Kier molecular flexibility index (Phi) is 4.14. The van der Waals surface area contributed by atoms with E-state index in [0.717, 1.165) is 5.69 Å². The number of aliphatic hydroxyl groups is 1. The number of benzene rings is 1. The summed E-state index contributed by atoms with van der Waals surface area (Å²) in [7, 11) is 0. The van der Waals surface area contributed by atoms with Gasteiger partial charge in [0.2, 0.25) is 0 Å². The highest BCUT2D eigenvalue weighted by atomic mass is 16.3. The standard InChI is InChI=1S/C12H16N2O/c1-9(6-10(2)15)14-12-5-3-4-11(7-12)8-13/h3-5,7,9-10,14-15H,6H2,1-2H3. The molecule has 0 amide bonds. The Balaban J connectivity index is 2.60. The lowest BCUT2D eigenvalue weighted by atomic mass is 10.1. The second-order valence-electron chi connectivity index (χ2n) is 3.82. The Morgan fingerprint density at radius 1 is 1.47 bits per heavy atom. The molecule has 1 rings (SSSR count). The molecule has 0 aliphatic heterocycles. The van der Waals surface area contributed by atoms with Gasteiger partial charge in [0.1, 0.15) is 0 Å². The maximum Gasteiger partial charge on any atom is 0.0992 e. The molecule has 0 radical (unpaired) electrons. The number of nitrogens with zero attached hydrogens (tertiary/aromatic N) is 1. The van der Waals surface area contributed by atoms with Gasteiger partial charge in [-0.3, -0.25) is 0 Å². The predicted octanol–water partition coefficient (Wildman–Crippen LogP) is 2.13. The van der Waals surface area contributed by atoms with Gasteiger partial charge in [-0.05, 0) is 38.5 Å². The Labute approximate surface area is 90.4 Å². The van der Waals surface area contributed by atoms with Crippen LogP contribution in [0.25, 0.3) is 0 Å². The van der Waals surface area contributed by atoms with Crippen molar-refractivity contribution in [3.8, 4) is 6.07 Å². The number of hydrogen-bond acceptors (Lipinski definition) is 3. The van der Waals surface area contributed by atoms with Crippen LogP contribution in [0.5, 0.6) is 0 Å². The van der Waals surface area contributed by atoms with E-state index >= 15 is 0 Å². The van der Waals surface area contributed by atoms with Crippen LogP contribution >= 0.6 is 0 Å². The summed E-state index contributed by atoms with van der Waals surface area (Å²) in [6.45, 7) is 3.77. The summed E-state index contributed by atoms with van der Waals surface area (Å²) in [5, 5.41) is 21.2. The van der Waals surface area contributed by atoms with Crippen molar-refractivity contribution in [1.29, 1.82) is 5.26 Å². The van der Waals surface area contributed by atoms with Crippen molar-refractivity contribution in [2.75, 3.05) is 5.32 Å². The summed E-state index contributed by atoms with van der Waals surface area (Å²) < 4.78 is 0. The van der Waals surface area contributed by atoms with Gasteiger partial charge in [0.05, 0.1) is 17.7 Å². The minimum Gasteiger partial charge on any atom is -0.393 e. The molecule has 0 aliphatic carbocycles. The first kappa shape index (κ1) is 11.5. The molecule has 1 aromatic rings. The SMILES string of the molecule is CC(O)CC(C)Nc1cccc(C#N)c1. The molecular weight excluding hydrogens is 188 g/mol. The number of aliphatic hydroxyl groups excluding tert-OH is 1. The van der Waals surface area contributed by atoms with Crippen molar-refractivity contribution in [3.05, 3.63) is 29.8 Å². The molecule has 1 aromatic carbocycles. The molecule has 0 saturated carbocycles. The summed E-state index contributed by atoms with van der Waals surface area (Å²) in [5.41, 5.74) is 1.56. The minimum absolute atomic E-state index is 0.193. The molecule has 0 aromatic heterocycles. The zero-order chi connectivity index (χ0) is 11.3. The normalized spacial score (nSPS) is 14.0. The molecule has 15 heavy (non-hydrogen) atoms. The molecular formula is C12H16N2O. The highest BCUT2D eigenvalue weighted by Gasteiger charge is 2.05. The number of nitriles is 1. The summed E-state index contributed by atoms with van der Waals surface area (Å²) in [5.74, 6) is 0. The van der Waals surface area contributed by atoms with Crippen LogP contribution < -0.4 is 5.32 Å². The maximum atomic E-state index is 9.21. The number of rotatable bonds is 4. The molecule has 80 valence electrons. The van der Waals surface area contributed by atoms with Gasteiger partial charge < -0.3 is 10.4 Å². The van der Waals surface area contributed by atoms with Crippen molar-refractivity contribution in [1.82, 2.24) is 0 Å². The van der Waals surface area contributed by atoms with E-state index in [1.54, 1.807) is 19.1 Å². The summed E-state index contributed by atoms with van der Waals surface area (Å²) in [6.07, 6.45) is 0.378. The van der Waals surface area contributed by atoms with Gasteiger partial charge in [-0.1, -0.05) is 6.07 Å². The van der Waals surface area contributed by atoms with Crippen LogP contribution in [-0.4, -0.2) is 17.3 Å². The van der Waals surface area contributed by atoms with Gasteiger partial charge in [0.25, 0.3) is 0 Å². The van der Waals surface area contributed by atoms with Gasteiger partial charge in [-0.25, -0.2) is 0 Å². The smallest absolute Gasteiger partial charge is 0.0992 e. The van der Waals surface area contributed by atoms with Crippen LogP contribution in [0.2, 0.25) is 0 Å². The number of hydrogen-bond donors (Lipinski definition) is 2. The summed E-state index contributed by atoms with van der Waals surface area (Å²) in [6, 6.07) is 9.62. The van der Waals surface area contributed by atoms with Gasteiger partial charge in [-0.15, -0.1) is 0 Å². The lowest BCUT2D eigenvalue weighted by Gasteiger charge is -2.16. The zero-order valence-corrected chi connectivity index (χ0v) is 9.07. The van der Waals surface area contributed by atoms with Crippen LogP contribution in [0, 0.1) is 11.3 Å². The maximum absolute atomic E-state index is 9.21. The average molecular weight is 204 g/mol. The molecule has 2 atom stereocenters. The molecule has 2 unspecified atom stereocenters. The second kappa shape index (κ2) is 5.38. The summed E-state index contributed by atoms with van der Waals surface area (Å²) >= 11 is 0. The monoisotopic (exact) mass is 204 g/mol. The van der Waals surface area contributed by atoms with E-state index in [0.29, 0.717) is 12.0 Å². The van der Waals surface area contributed by atoms with Crippen molar-refractivity contribution in [2.24, 2.45) is 0 Å². The Morgan fingerprint density at radius 3 is 2.80 bits per heavy atom. The fourth-order valence-electron chi connectivity index (χ4n) is 1.53. The molecule has 3 heteroatoms. The first-order chi connectivity index (χ1) is 7.11. The van der Waals surface area contributed by atoms with E-state index < -0.39 is 0 Å². The molecule has 0 saturated heterocycles. The zero-order valence-electron chi connectivity index (χ0n) is 9.07. The van der Waals surface area contributed by atoms with Gasteiger partial charge in [0.15, 0.2) is 0 Å². The highest BCUT2D eigenvalue weighted by Crippen LogP contribution is 2.12. The molecule has 2 N–H and O–H groups in total. The fraction of sp³-hybridized carbons (Fsp3) is 0.417. The van der Waals surface area contributed by atoms with Crippen molar-refractivity contribution < 1.29 is 5.11 Å². The van der Waals surface area contributed by atoms with Crippen molar-refractivity contribution >= 4 is 5.69 Å². The summed E-state index contributed by atoms with van der Waals surface area (Å²) in [4.78, 5) is 0. The quantitative estimate of drug-likeness (QED) is 0.790. The third-order valence-corrected chi connectivity index (χ3v) is 2.10. The van der Waals surface area contributed by atoms with Crippen LogP contribution in [0.1, 0.15) is 25.8 Å². The topological polar surface area (TPSA) is 56.0 Å².